The second-order valence-corrected chi connectivity index (χ2v) is 5.29. The van der Waals surface area contributed by atoms with Crippen LogP contribution in [0.15, 0.2) is 42.6 Å². The van der Waals surface area contributed by atoms with Crippen molar-refractivity contribution in [2.75, 3.05) is 25.6 Å². The number of hydrogen-bond acceptors (Lipinski definition) is 5. The third kappa shape index (κ3) is 6.31. The molecule has 0 saturated heterocycles. The number of amides is 3. The van der Waals surface area contributed by atoms with E-state index in [1.54, 1.807) is 19.2 Å². The minimum Gasteiger partial charge on any atom is -0.497 e. The molecular formula is C18H22N4O4. The number of ether oxygens (including phenoxy) is 2. The molecule has 1 aromatic heterocycles. The Bertz CT molecular complexity index is 734. The van der Waals surface area contributed by atoms with Gasteiger partial charge in [-0.3, -0.25) is 4.79 Å². The van der Waals surface area contributed by atoms with Crippen LogP contribution in [-0.2, 0) is 11.3 Å². The summed E-state index contributed by atoms with van der Waals surface area (Å²) in [5, 5.41) is 8.00. The molecule has 0 saturated carbocycles. The SMILES string of the molecule is CCNC(=O)Nc1ccc(OCC(=O)NCc2cccc(OC)c2)nc1. The number of aromatic nitrogens is 1. The summed E-state index contributed by atoms with van der Waals surface area (Å²) < 4.78 is 10.5. The molecule has 138 valence electrons. The van der Waals surface area contributed by atoms with Crippen LogP contribution >= 0.6 is 0 Å². The van der Waals surface area contributed by atoms with E-state index in [0.29, 0.717) is 24.7 Å². The smallest absolute Gasteiger partial charge is 0.319 e. The van der Waals surface area contributed by atoms with Crippen molar-refractivity contribution in [3.63, 3.8) is 0 Å². The van der Waals surface area contributed by atoms with Crippen molar-refractivity contribution in [1.82, 2.24) is 15.6 Å². The minimum atomic E-state index is -0.306. The van der Waals surface area contributed by atoms with Crippen LogP contribution < -0.4 is 25.4 Å². The molecule has 1 aromatic carbocycles. The number of urea groups is 1. The van der Waals surface area contributed by atoms with Crippen LogP contribution in [0.3, 0.4) is 0 Å². The second-order valence-electron chi connectivity index (χ2n) is 5.29. The molecular weight excluding hydrogens is 336 g/mol. The number of carbonyl (C=O) groups is 2. The fourth-order valence-electron chi connectivity index (χ4n) is 2.05. The van der Waals surface area contributed by atoms with E-state index >= 15 is 0 Å². The van der Waals surface area contributed by atoms with Crippen molar-refractivity contribution in [3.05, 3.63) is 48.2 Å². The Labute approximate surface area is 151 Å². The Morgan fingerprint density at radius 1 is 1.15 bits per heavy atom. The van der Waals surface area contributed by atoms with E-state index in [1.807, 2.05) is 31.2 Å². The summed E-state index contributed by atoms with van der Waals surface area (Å²) in [6, 6.07) is 10.4. The predicted octanol–water partition coefficient (Wildman–Crippen LogP) is 1.93. The highest BCUT2D eigenvalue weighted by Crippen LogP contribution is 2.13. The minimum absolute atomic E-state index is 0.153. The zero-order valence-electron chi connectivity index (χ0n) is 14.7. The topological polar surface area (TPSA) is 102 Å². The van der Waals surface area contributed by atoms with Gasteiger partial charge in [0.2, 0.25) is 5.88 Å². The molecule has 2 rings (SSSR count). The fraction of sp³-hybridized carbons (Fsp3) is 0.278. The van der Waals surface area contributed by atoms with E-state index in [9.17, 15) is 9.59 Å². The number of nitrogens with one attached hydrogen (secondary N) is 3. The maximum absolute atomic E-state index is 11.9. The number of anilines is 1. The lowest BCUT2D eigenvalue weighted by atomic mass is 10.2. The molecule has 0 aliphatic rings. The molecule has 26 heavy (non-hydrogen) atoms. The average molecular weight is 358 g/mol. The normalized spacial score (nSPS) is 9.92. The number of pyridine rings is 1. The maximum Gasteiger partial charge on any atom is 0.319 e. The largest absolute Gasteiger partial charge is 0.497 e. The van der Waals surface area contributed by atoms with Crippen LogP contribution in [0.25, 0.3) is 0 Å². The van der Waals surface area contributed by atoms with Gasteiger partial charge in [-0.1, -0.05) is 12.1 Å². The first-order valence-corrected chi connectivity index (χ1v) is 8.14. The molecule has 8 nitrogen and oxygen atoms in total. The lowest BCUT2D eigenvalue weighted by Gasteiger charge is -2.09. The van der Waals surface area contributed by atoms with Crippen LogP contribution in [0.2, 0.25) is 0 Å². The van der Waals surface area contributed by atoms with Gasteiger partial charge in [-0.2, -0.15) is 0 Å². The van der Waals surface area contributed by atoms with Crippen molar-refractivity contribution in [2.45, 2.75) is 13.5 Å². The molecule has 2 aromatic rings. The molecule has 0 unspecified atom stereocenters. The van der Waals surface area contributed by atoms with Crippen molar-refractivity contribution in [1.29, 1.82) is 0 Å². The quantitative estimate of drug-likeness (QED) is 0.669. The van der Waals surface area contributed by atoms with Gasteiger partial charge >= 0.3 is 6.03 Å². The summed E-state index contributed by atoms with van der Waals surface area (Å²) >= 11 is 0. The van der Waals surface area contributed by atoms with Crippen LogP contribution in [0.1, 0.15) is 12.5 Å². The van der Waals surface area contributed by atoms with E-state index in [1.165, 1.54) is 6.20 Å². The fourth-order valence-corrected chi connectivity index (χ4v) is 2.05. The summed E-state index contributed by atoms with van der Waals surface area (Å²) in [7, 11) is 1.59. The van der Waals surface area contributed by atoms with Crippen LogP contribution in [-0.4, -0.2) is 37.2 Å². The number of carbonyl (C=O) groups excluding carboxylic acids is 2. The van der Waals surface area contributed by atoms with Crippen LogP contribution in [0, 0.1) is 0 Å². The maximum atomic E-state index is 11.9. The zero-order chi connectivity index (χ0) is 18.8. The van der Waals surface area contributed by atoms with Gasteiger partial charge in [0, 0.05) is 19.2 Å². The van der Waals surface area contributed by atoms with Gasteiger partial charge in [-0.05, 0) is 30.7 Å². The second kappa shape index (κ2) is 9.87. The van der Waals surface area contributed by atoms with Crippen molar-refractivity contribution >= 4 is 17.6 Å². The van der Waals surface area contributed by atoms with Gasteiger partial charge in [0.1, 0.15) is 5.75 Å². The summed E-state index contributed by atoms with van der Waals surface area (Å²) in [5.41, 5.74) is 1.46. The van der Waals surface area contributed by atoms with Gasteiger partial charge in [-0.25, -0.2) is 9.78 Å². The number of benzene rings is 1. The molecule has 0 fully saturated rings. The molecule has 8 heteroatoms. The number of methoxy groups -OCH3 is 1. The summed E-state index contributed by atoms with van der Waals surface area (Å²) in [5.74, 6) is 0.764. The molecule has 3 N–H and O–H groups in total. The van der Waals surface area contributed by atoms with Crippen LogP contribution in [0.4, 0.5) is 10.5 Å². The monoisotopic (exact) mass is 358 g/mol. The Morgan fingerprint density at radius 2 is 2.00 bits per heavy atom. The van der Waals surface area contributed by atoms with E-state index in [2.05, 4.69) is 20.9 Å². The predicted molar refractivity (Wildman–Crippen MR) is 97.3 cm³/mol. The summed E-state index contributed by atoms with van der Waals surface area (Å²) in [6.07, 6.45) is 1.46. The third-order valence-electron chi connectivity index (χ3n) is 3.31. The van der Waals surface area contributed by atoms with Gasteiger partial charge in [0.15, 0.2) is 6.61 Å². The first kappa shape index (κ1) is 19.0. The molecule has 0 bridgehead atoms. The van der Waals surface area contributed by atoms with Gasteiger partial charge in [0.25, 0.3) is 5.91 Å². The number of nitrogens with zero attached hydrogens (tertiary/aromatic N) is 1. The molecule has 3 amide bonds. The third-order valence-corrected chi connectivity index (χ3v) is 3.31. The van der Waals surface area contributed by atoms with E-state index in [4.69, 9.17) is 9.47 Å². The van der Waals surface area contributed by atoms with E-state index in [0.717, 1.165) is 11.3 Å². The van der Waals surface area contributed by atoms with Crippen molar-refractivity contribution in [2.24, 2.45) is 0 Å². The summed E-state index contributed by atoms with van der Waals surface area (Å²) in [4.78, 5) is 27.3. The first-order valence-electron chi connectivity index (χ1n) is 8.14. The van der Waals surface area contributed by atoms with Crippen molar-refractivity contribution < 1.29 is 19.1 Å². The molecule has 1 heterocycles. The average Bonchev–Trinajstić information content (AvgIpc) is 2.66. The highest BCUT2D eigenvalue weighted by molar-refractivity contribution is 5.88. The van der Waals surface area contributed by atoms with E-state index < -0.39 is 0 Å². The Balaban J connectivity index is 1.75. The Kier molecular flexibility index (Phi) is 7.23. The van der Waals surface area contributed by atoms with E-state index in [-0.39, 0.29) is 18.5 Å². The van der Waals surface area contributed by atoms with Crippen LogP contribution in [0.5, 0.6) is 11.6 Å². The Morgan fingerprint density at radius 3 is 2.69 bits per heavy atom. The highest BCUT2D eigenvalue weighted by atomic mass is 16.5. The zero-order valence-corrected chi connectivity index (χ0v) is 14.7. The highest BCUT2D eigenvalue weighted by Gasteiger charge is 2.05. The van der Waals surface area contributed by atoms with Gasteiger partial charge in [-0.15, -0.1) is 0 Å². The molecule has 0 radical (unpaired) electrons. The standard InChI is InChI=1S/C18H22N4O4/c1-3-19-18(24)22-14-7-8-17(21-11-14)26-12-16(23)20-10-13-5-4-6-15(9-13)25-2/h4-9,11H,3,10,12H2,1-2H3,(H,20,23)(H2,19,22,24). The molecule has 0 spiro atoms. The number of rotatable bonds is 8. The van der Waals surface area contributed by atoms with Crippen molar-refractivity contribution in [3.8, 4) is 11.6 Å². The molecule has 0 aliphatic heterocycles. The summed E-state index contributed by atoms with van der Waals surface area (Å²) in [6.45, 7) is 2.59. The first-order chi connectivity index (χ1) is 12.6. The van der Waals surface area contributed by atoms with Gasteiger partial charge in [0.05, 0.1) is 19.0 Å². The lowest BCUT2D eigenvalue weighted by Crippen LogP contribution is -2.28. The molecule has 0 atom stereocenters. The Hall–Kier alpha value is -3.29. The lowest BCUT2D eigenvalue weighted by molar-refractivity contribution is -0.123. The molecule has 0 aliphatic carbocycles. The number of hydrogen-bond donors (Lipinski definition) is 3. The van der Waals surface area contributed by atoms with Gasteiger partial charge < -0.3 is 25.4 Å².